The number of hydrazone groups is 1. The average molecular weight is 377 g/mol. The van der Waals surface area contributed by atoms with E-state index in [1.807, 2.05) is 38.1 Å². The summed E-state index contributed by atoms with van der Waals surface area (Å²) in [6, 6.07) is 7.41. The standard InChI is InChI=1S/C16H19N3O2.2CH2O2/c1-4-13-11-9-7-8-10-12(11)15(20)14(16(21)17-5-2)19(13)18-6-3;2*2-1-3/h4,6-10,20H,5H2,1-3H3,(H,17,21);2*1H,(H,2,3)/b13-4+,18-6-;;. The monoisotopic (exact) mass is 377 g/mol. The molecule has 2 rings (SSSR count). The van der Waals surface area contributed by atoms with Gasteiger partial charge in [0.2, 0.25) is 0 Å². The van der Waals surface area contributed by atoms with Crippen molar-refractivity contribution in [1.29, 1.82) is 0 Å². The lowest BCUT2D eigenvalue weighted by Gasteiger charge is -2.30. The minimum atomic E-state index is -0.352. The van der Waals surface area contributed by atoms with Crippen molar-refractivity contribution in [2.45, 2.75) is 20.8 Å². The molecule has 4 N–H and O–H groups in total. The average Bonchev–Trinajstić information content (AvgIpc) is 2.64. The minimum absolute atomic E-state index is 0.0623. The van der Waals surface area contributed by atoms with Crippen LogP contribution < -0.4 is 5.32 Å². The van der Waals surface area contributed by atoms with Crippen molar-refractivity contribution >= 4 is 36.5 Å². The Balaban J connectivity index is 0.000000997. The fraction of sp³-hybridized carbons (Fsp3) is 0.222. The maximum absolute atomic E-state index is 12.3. The molecule has 9 nitrogen and oxygen atoms in total. The number of carbonyl (C=O) groups is 3. The molecule has 1 aromatic carbocycles. The number of nitrogens with one attached hydrogen (secondary N) is 1. The van der Waals surface area contributed by atoms with E-state index in [0.29, 0.717) is 12.1 Å². The molecule has 0 fully saturated rings. The van der Waals surface area contributed by atoms with Crippen LogP contribution in [0.5, 0.6) is 0 Å². The van der Waals surface area contributed by atoms with Crippen LogP contribution in [0.2, 0.25) is 0 Å². The molecule has 0 saturated heterocycles. The highest BCUT2D eigenvalue weighted by atomic mass is 16.3. The van der Waals surface area contributed by atoms with Gasteiger partial charge in [-0.25, -0.2) is 5.01 Å². The van der Waals surface area contributed by atoms with Gasteiger partial charge in [-0.3, -0.25) is 14.4 Å². The fourth-order valence-corrected chi connectivity index (χ4v) is 2.34. The van der Waals surface area contributed by atoms with Gasteiger partial charge in [0.1, 0.15) is 0 Å². The van der Waals surface area contributed by atoms with E-state index in [-0.39, 0.29) is 30.3 Å². The molecule has 1 aliphatic rings. The van der Waals surface area contributed by atoms with Crippen LogP contribution in [0.15, 0.2) is 41.1 Å². The number of carbonyl (C=O) groups excluding carboxylic acids is 1. The SMILES string of the molecule is C/C=N\N1C(C(=O)NCC)=C(O)c2ccccc2/C1=C\C.O=CO.O=CO. The Kier molecular flexibility index (Phi) is 11.0. The second-order valence-electron chi connectivity index (χ2n) is 4.67. The number of carboxylic acid groups (broad SMARTS) is 2. The van der Waals surface area contributed by atoms with E-state index in [9.17, 15) is 9.90 Å². The van der Waals surface area contributed by atoms with Crippen molar-refractivity contribution in [3.8, 4) is 0 Å². The molecular formula is C18H23N3O6. The molecule has 1 heterocycles. The highest BCUT2D eigenvalue weighted by Crippen LogP contribution is 2.37. The van der Waals surface area contributed by atoms with Gasteiger partial charge in [0.05, 0.1) is 5.70 Å². The predicted molar refractivity (Wildman–Crippen MR) is 102 cm³/mol. The lowest BCUT2D eigenvalue weighted by Crippen LogP contribution is -2.35. The molecule has 0 spiro atoms. The van der Waals surface area contributed by atoms with Crippen molar-refractivity contribution in [3.63, 3.8) is 0 Å². The zero-order valence-corrected chi connectivity index (χ0v) is 15.3. The molecule has 1 amide bonds. The number of nitrogens with zero attached hydrogens (tertiary/aromatic N) is 2. The second kappa shape index (κ2) is 12.7. The number of hydrogen-bond donors (Lipinski definition) is 4. The largest absolute Gasteiger partial charge is 0.505 e. The number of likely N-dealkylation sites (N-methyl/N-ethyl adjacent to an activating group) is 1. The third-order valence-electron chi connectivity index (χ3n) is 3.18. The lowest BCUT2D eigenvalue weighted by atomic mass is 9.97. The van der Waals surface area contributed by atoms with Crippen molar-refractivity contribution in [1.82, 2.24) is 10.3 Å². The minimum Gasteiger partial charge on any atom is -0.505 e. The van der Waals surface area contributed by atoms with Gasteiger partial charge in [-0.1, -0.05) is 30.3 Å². The van der Waals surface area contributed by atoms with Crippen LogP contribution in [-0.2, 0) is 14.4 Å². The Bertz CT molecular complexity index is 734. The number of aliphatic hydroxyl groups is 1. The van der Waals surface area contributed by atoms with E-state index < -0.39 is 0 Å². The smallest absolute Gasteiger partial charge is 0.290 e. The summed E-state index contributed by atoms with van der Waals surface area (Å²) in [4.78, 5) is 29.0. The highest BCUT2D eigenvalue weighted by molar-refractivity contribution is 6.03. The Hall–Kier alpha value is -3.62. The summed E-state index contributed by atoms with van der Waals surface area (Å²) in [5.74, 6) is -0.415. The van der Waals surface area contributed by atoms with E-state index in [4.69, 9.17) is 19.8 Å². The third kappa shape index (κ3) is 5.99. The van der Waals surface area contributed by atoms with Gasteiger partial charge >= 0.3 is 0 Å². The van der Waals surface area contributed by atoms with Gasteiger partial charge in [-0.2, -0.15) is 5.10 Å². The first-order valence-corrected chi connectivity index (χ1v) is 7.90. The molecule has 0 atom stereocenters. The van der Waals surface area contributed by atoms with E-state index in [0.717, 1.165) is 11.3 Å². The van der Waals surface area contributed by atoms with Crippen molar-refractivity contribution < 1.29 is 29.7 Å². The van der Waals surface area contributed by atoms with Crippen LogP contribution in [0.3, 0.4) is 0 Å². The van der Waals surface area contributed by atoms with Crippen molar-refractivity contribution in [2.24, 2.45) is 5.10 Å². The number of allylic oxidation sites excluding steroid dienone is 1. The highest BCUT2D eigenvalue weighted by Gasteiger charge is 2.32. The number of amides is 1. The zero-order chi connectivity index (χ0) is 20.8. The first-order chi connectivity index (χ1) is 13.0. The lowest BCUT2D eigenvalue weighted by molar-refractivity contribution is -0.123. The fourth-order valence-electron chi connectivity index (χ4n) is 2.34. The molecule has 0 bridgehead atoms. The summed E-state index contributed by atoms with van der Waals surface area (Å²) in [6.45, 7) is 5.45. The van der Waals surface area contributed by atoms with Gasteiger partial charge < -0.3 is 20.6 Å². The number of benzene rings is 1. The van der Waals surface area contributed by atoms with Gasteiger partial charge in [-0.15, -0.1) is 0 Å². The third-order valence-corrected chi connectivity index (χ3v) is 3.18. The first kappa shape index (κ1) is 23.4. The van der Waals surface area contributed by atoms with Gasteiger partial charge in [0.25, 0.3) is 18.9 Å². The van der Waals surface area contributed by atoms with Crippen LogP contribution in [0.25, 0.3) is 11.5 Å². The van der Waals surface area contributed by atoms with Crippen LogP contribution in [-0.4, -0.2) is 51.9 Å². The van der Waals surface area contributed by atoms with Gasteiger partial charge in [0, 0.05) is 23.9 Å². The Morgan fingerprint density at radius 1 is 1.15 bits per heavy atom. The molecule has 0 saturated carbocycles. The van der Waals surface area contributed by atoms with Crippen LogP contribution in [0.1, 0.15) is 31.9 Å². The first-order valence-electron chi connectivity index (χ1n) is 7.90. The van der Waals surface area contributed by atoms with Crippen molar-refractivity contribution in [2.75, 3.05) is 6.54 Å². The van der Waals surface area contributed by atoms with Gasteiger partial charge in [-0.05, 0) is 20.8 Å². The van der Waals surface area contributed by atoms with Gasteiger partial charge in [0.15, 0.2) is 11.5 Å². The second-order valence-corrected chi connectivity index (χ2v) is 4.67. The molecular weight excluding hydrogens is 354 g/mol. The number of aliphatic hydroxyl groups excluding tert-OH is 1. The number of rotatable bonds is 3. The molecule has 0 aliphatic carbocycles. The van der Waals surface area contributed by atoms with E-state index in [1.54, 1.807) is 19.2 Å². The van der Waals surface area contributed by atoms with E-state index >= 15 is 0 Å². The van der Waals surface area contributed by atoms with Crippen LogP contribution >= 0.6 is 0 Å². The van der Waals surface area contributed by atoms with E-state index in [1.165, 1.54) is 5.01 Å². The maximum atomic E-state index is 12.3. The predicted octanol–water partition coefficient (Wildman–Crippen LogP) is 2.13. The van der Waals surface area contributed by atoms with Crippen LogP contribution in [0.4, 0.5) is 0 Å². The molecule has 1 aromatic rings. The molecule has 0 aromatic heterocycles. The Morgan fingerprint density at radius 2 is 1.67 bits per heavy atom. The zero-order valence-electron chi connectivity index (χ0n) is 15.3. The Labute approximate surface area is 156 Å². The van der Waals surface area contributed by atoms with Crippen molar-refractivity contribution in [3.05, 3.63) is 47.2 Å². The summed E-state index contributed by atoms with van der Waals surface area (Å²) in [6.07, 6.45) is 3.46. The molecule has 9 heteroatoms. The molecule has 1 aliphatic heterocycles. The molecule has 27 heavy (non-hydrogen) atoms. The molecule has 146 valence electrons. The number of hydrogen-bond acceptors (Lipinski definition) is 6. The maximum Gasteiger partial charge on any atom is 0.290 e. The summed E-state index contributed by atoms with van der Waals surface area (Å²) < 4.78 is 0. The topological polar surface area (TPSA) is 140 Å². The summed E-state index contributed by atoms with van der Waals surface area (Å²) in [5.41, 5.74) is 2.38. The normalized spacial score (nSPS) is 13.7. The molecule has 0 unspecified atom stereocenters. The summed E-state index contributed by atoms with van der Waals surface area (Å²) in [5, 5.41) is 32.7. The molecule has 0 radical (unpaired) electrons. The van der Waals surface area contributed by atoms with Crippen LogP contribution in [0, 0.1) is 0 Å². The number of fused-ring (bicyclic) bond motifs is 1. The van der Waals surface area contributed by atoms with E-state index in [2.05, 4.69) is 10.4 Å². The quantitative estimate of drug-likeness (QED) is 0.467. The summed E-state index contributed by atoms with van der Waals surface area (Å²) >= 11 is 0. The Morgan fingerprint density at radius 3 is 2.11 bits per heavy atom. The summed E-state index contributed by atoms with van der Waals surface area (Å²) in [7, 11) is 0.